The number of hydrogen-bond acceptors (Lipinski definition) is 7. The summed E-state index contributed by atoms with van der Waals surface area (Å²) in [6, 6.07) is 17.1. The second-order valence-corrected chi connectivity index (χ2v) is 12.6. The van der Waals surface area contributed by atoms with E-state index in [0.29, 0.717) is 55.7 Å². The molecule has 14 heteroatoms. The third-order valence-electron chi connectivity index (χ3n) is 7.43. The van der Waals surface area contributed by atoms with Crippen molar-refractivity contribution in [2.75, 3.05) is 50.4 Å². The van der Waals surface area contributed by atoms with Crippen molar-refractivity contribution in [3.8, 4) is 17.4 Å². The normalized spacial score (nSPS) is 14.5. The van der Waals surface area contributed by atoms with Crippen LogP contribution in [0.2, 0.25) is 0 Å². The van der Waals surface area contributed by atoms with E-state index in [0.717, 1.165) is 27.0 Å². The monoisotopic (exact) mass is 631 g/mol. The van der Waals surface area contributed by atoms with E-state index in [4.69, 9.17) is 9.47 Å². The highest BCUT2D eigenvalue weighted by atomic mass is 32.2. The average molecular weight is 632 g/mol. The van der Waals surface area contributed by atoms with E-state index in [9.17, 15) is 26.4 Å². The number of carbonyl (C=O) groups excluding carboxylic acids is 1. The van der Waals surface area contributed by atoms with E-state index >= 15 is 0 Å². The third kappa shape index (κ3) is 7.42. The molecule has 10 nitrogen and oxygen atoms in total. The summed E-state index contributed by atoms with van der Waals surface area (Å²) in [5.41, 5.74) is 2.71. The molecule has 3 heterocycles. The number of sulfonamides is 1. The van der Waals surface area contributed by atoms with Gasteiger partial charge in [0.25, 0.3) is 5.91 Å². The molecule has 1 saturated heterocycles. The number of anilines is 1. The molecule has 0 aliphatic carbocycles. The van der Waals surface area contributed by atoms with Crippen LogP contribution in [0, 0.1) is 0 Å². The number of rotatable bonds is 9. The summed E-state index contributed by atoms with van der Waals surface area (Å²) in [6.45, 7) is 1.69. The van der Waals surface area contributed by atoms with E-state index < -0.39 is 22.8 Å². The number of amides is 1. The molecule has 1 fully saturated rings. The van der Waals surface area contributed by atoms with Gasteiger partial charge in [0.1, 0.15) is 17.2 Å². The van der Waals surface area contributed by atoms with Crippen LogP contribution in [0.1, 0.15) is 16.1 Å². The maximum atomic E-state index is 13.5. The van der Waals surface area contributed by atoms with E-state index in [1.807, 2.05) is 34.7 Å². The molecule has 0 atom stereocenters. The van der Waals surface area contributed by atoms with Gasteiger partial charge in [-0.2, -0.15) is 13.2 Å². The molecule has 1 amide bonds. The Bertz CT molecular complexity index is 1730. The van der Waals surface area contributed by atoms with E-state index in [-0.39, 0.29) is 11.7 Å². The van der Waals surface area contributed by atoms with Gasteiger partial charge in [-0.1, -0.05) is 12.1 Å². The number of alkyl halides is 3. The maximum Gasteiger partial charge on any atom is 0.422 e. The Morgan fingerprint density at radius 2 is 1.66 bits per heavy atom. The van der Waals surface area contributed by atoms with Crippen molar-refractivity contribution < 1.29 is 35.9 Å². The summed E-state index contributed by atoms with van der Waals surface area (Å²) < 4.78 is 74.2. The third-order valence-corrected chi connectivity index (χ3v) is 8.64. The van der Waals surface area contributed by atoms with Gasteiger partial charge in [0, 0.05) is 64.3 Å². The molecule has 5 rings (SSSR count). The van der Waals surface area contributed by atoms with Crippen LogP contribution in [-0.2, 0) is 23.6 Å². The van der Waals surface area contributed by atoms with Crippen LogP contribution in [0.15, 0.2) is 66.9 Å². The van der Waals surface area contributed by atoms with Crippen LogP contribution >= 0.6 is 0 Å². The molecule has 4 aromatic rings. The first-order valence-corrected chi connectivity index (χ1v) is 15.6. The first-order valence-electron chi connectivity index (χ1n) is 13.7. The maximum absolute atomic E-state index is 13.5. The summed E-state index contributed by atoms with van der Waals surface area (Å²) in [5, 5.41) is 0.877. The molecule has 2 aromatic heterocycles. The largest absolute Gasteiger partial charge is 0.484 e. The number of pyridine rings is 1. The second-order valence-electron chi connectivity index (χ2n) is 10.6. The Balaban J connectivity index is 1.18. The van der Waals surface area contributed by atoms with Crippen molar-refractivity contribution >= 4 is 32.5 Å². The number of aromatic nitrogens is 2. The molecule has 2 aromatic carbocycles. The van der Waals surface area contributed by atoms with E-state index in [2.05, 4.69) is 9.88 Å². The summed E-state index contributed by atoms with van der Waals surface area (Å²) in [6.07, 6.45) is -1.85. The minimum Gasteiger partial charge on any atom is -0.484 e. The number of carbonyl (C=O) groups is 1. The molecule has 0 radical (unpaired) electrons. The van der Waals surface area contributed by atoms with Crippen molar-refractivity contribution in [2.45, 2.75) is 12.7 Å². The van der Waals surface area contributed by atoms with Crippen LogP contribution in [0.5, 0.6) is 17.4 Å². The van der Waals surface area contributed by atoms with Gasteiger partial charge in [-0.3, -0.25) is 14.0 Å². The molecule has 1 aliphatic heterocycles. The highest BCUT2D eigenvalue weighted by molar-refractivity contribution is 7.92. The summed E-state index contributed by atoms with van der Waals surface area (Å²) in [7, 11) is -0.136. The number of fused-ring (bicyclic) bond motifs is 1. The fourth-order valence-corrected chi connectivity index (χ4v) is 5.39. The Labute approximate surface area is 253 Å². The van der Waals surface area contributed by atoms with Gasteiger partial charge in [0.05, 0.1) is 23.7 Å². The SMILES string of the molecule is CN(c1ccc(Oc2ccc3cc(C(=O)N4CCN(Cc5ccc(OCC(F)(F)F)cc5)CC4)n(C)c3c2)nc1)S(C)(=O)=O. The lowest BCUT2D eigenvalue weighted by atomic mass is 10.2. The topological polar surface area (TPSA) is 97.2 Å². The lowest BCUT2D eigenvalue weighted by Crippen LogP contribution is -2.48. The van der Waals surface area contributed by atoms with Crippen molar-refractivity contribution in [1.29, 1.82) is 0 Å². The van der Waals surface area contributed by atoms with Gasteiger partial charge in [-0.15, -0.1) is 0 Å². The number of hydrogen-bond donors (Lipinski definition) is 0. The van der Waals surface area contributed by atoms with Crippen molar-refractivity contribution in [2.24, 2.45) is 7.05 Å². The van der Waals surface area contributed by atoms with Crippen molar-refractivity contribution in [3.63, 3.8) is 0 Å². The van der Waals surface area contributed by atoms with Crippen molar-refractivity contribution in [1.82, 2.24) is 19.4 Å². The molecule has 0 spiro atoms. The number of ether oxygens (including phenoxy) is 2. The van der Waals surface area contributed by atoms with Crippen LogP contribution in [0.3, 0.4) is 0 Å². The molecule has 0 N–H and O–H groups in total. The second kappa shape index (κ2) is 12.4. The molecular formula is C30H32F3N5O5S. The smallest absolute Gasteiger partial charge is 0.422 e. The number of nitrogens with zero attached hydrogens (tertiary/aromatic N) is 5. The fraction of sp³-hybridized carbons (Fsp3) is 0.333. The Hall–Kier alpha value is -4.30. The zero-order chi connectivity index (χ0) is 31.6. The molecule has 1 aliphatic rings. The Morgan fingerprint density at radius 3 is 2.27 bits per heavy atom. The molecule has 234 valence electrons. The molecular weight excluding hydrogens is 599 g/mol. The standard InChI is InChI=1S/C30H32F3N5O5S/c1-35-26-17-25(43-28-11-7-23(18-34-28)36(2)44(3,40)41)10-6-22(26)16-27(35)29(39)38-14-12-37(13-15-38)19-21-4-8-24(9-5-21)42-20-30(31,32)33/h4-11,16-18H,12-15,19-20H2,1-3H3. The van der Waals surface area contributed by atoms with Gasteiger partial charge < -0.3 is 18.9 Å². The summed E-state index contributed by atoms with van der Waals surface area (Å²) in [4.78, 5) is 21.7. The van der Waals surface area contributed by atoms with Crippen LogP contribution in [0.4, 0.5) is 18.9 Å². The molecule has 0 unspecified atom stereocenters. The summed E-state index contributed by atoms with van der Waals surface area (Å²) in [5.74, 6) is 0.900. The number of aryl methyl sites for hydroxylation is 1. The highest BCUT2D eigenvalue weighted by Gasteiger charge is 2.28. The van der Waals surface area contributed by atoms with Gasteiger partial charge >= 0.3 is 6.18 Å². The van der Waals surface area contributed by atoms with Crippen LogP contribution in [0.25, 0.3) is 10.9 Å². The lowest BCUT2D eigenvalue weighted by molar-refractivity contribution is -0.153. The van der Waals surface area contributed by atoms with Crippen molar-refractivity contribution in [3.05, 3.63) is 78.1 Å². The molecule has 0 bridgehead atoms. The minimum atomic E-state index is -4.38. The van der Waals surface area contributed by atoms with Gasteiger partial charge in [0.15, 0.2) is 6.61 Å². The zero-order valence-electron chi connectivity index (χ0n) is 24.4. The van der Waals surface area contributed by atoms with Gasteiger partial charge in [0.2, 0.25) is 15.9 Å². The van der Waals surface area contributed by atoms with Crippen LogP contribution in [-0.4, -0.2) is 85.9 Å². The quantitative estimate of drug-likeness (QED) is 0.265. The predicted molar refractivity (Wildman–Crippen MR) is 160 cm³/mol. The minimum absolute atomic E-state index is 0.0794. The molecule has 44 heavy (non-hydrogen) atoms. The zero-order valence-corrected chi connectivity index (χ0v) is 25.2. The van der Waals surface area contributed by atoms with E-state index in [1.54, 1.807) is 30.3 Å². The van der Waals surface area contributed by atoms with Crippen LogP contribution < -0.4 is 13.8 Å². The number of halogens is 3. The van der Waals surface area contributed by atoms with E-state index in [1.165, 1.54) is 25.4 Å². The first kappa shape index (κ1) is 31.1. The first-order chi connectivity index (χ1) is 20.8. The summed E-state index contributed by atoms with van der Waals surface area (Å²) >= 11 is 0. The van der Waals surface area contributed by atoms with Gasteiger partial charge in [-0.25, -0.2) is 13.4 Å². The molecule has 0 saturated carbocycles. The Kier molecular flexibility index (Phi) is 8.75. The predicted octanol–water partition coefficient (Wildman–Crippen LogP) is 4.66. The lowest BCUT2D eigenvalue weighted by Gasteiger charge is -2.34. The highest BCUT2D eigenvalue weighted by Crippen LogP contribution is 2.28. The fourth-order valence-electron chi connectivity index (χ4n) is 4.90. The Morgan fingerprint density at radius 1 is 0.977 bits per heavy atom. The number of piperazine rings is 1. The average Bonchev–Trinajstić information content (AvgIpc) is 3.31. The van der Waals surface area contributed by atoms with Gasteiger partial charge in [-0.05, 0) is 42.0 Å². The number of benzene rings is 2.